The van der Waals surface area contributed by atoms with E-state index >= 15 is 0 Å². The zero-order valence-electron chi connectivity index (χ0n) is 19.3. The van der Waals surface area contributed by atoms with Crippen LogP contribution >= 0.6 is 0 Å². The van der Waals surface area contributed by atoms with Crippen molar-refractivity contribution in [2.75, 3.05) is 13.1 Å². The second kappa shape index (κ2) is 4310. The second-order valence-electron chi connectivity index (χ2n) is 1.52. The van der Waals surface area contributed by atoms with Crippen molar-refractivity contribution in [3.63, 3.8) is 0 Å². The first kappa shape index (κ1) is 283. The average molecular weight is 539 g/mol. The second-order valence-corrected chi connectivity index (χ2v) is 1.52. The van der Waals surface area contributed by atoms with Crippen molar-refractivity contribution in [2.24, 2.45) is 11.5 Å². The van der Waals surface area contributed by atoms with Crippen LogP contribution in [-0.2, 0) is 0 Å². The summed E-state index contributed by atoms with van der Waals surface area (Å²) < 4.78 is 0. The Morgan fingerprint density at radius 1 is 0.257 bits per heavy atom. The predicted molar refractivity (Wildman–Crippen MR) is 208 cm³/mol. The van der Waals surface area contributed by atoms with E-state index in [2.05, 4.69) is 13.8 Å². The van der Waals surface area contributed by atoms with E-state index in [0.717, 1.165) is 13.1 Å². The highest BCUT2D eigenvalue weighted by Crippen LogP contribution is 1.56. The van der Waals surface area contributed by atoms with Gasteiger partial charge < -0.3 is 11.5 Å². The first-order valence-electron chi connectivity index (χ1n) is 9.64. The third kappa shape index (κ3) is 5400000. The Morgan fingerprint density at radius 3 is 0.257 bits per heavy atom. The molecular formula is C33H114N2. The molecule has 256 valence electrons. The lowest BCUT2D eigenvalue weighted by Gasteiger charge is -1.53. The molecule has 0 aliphatic heterocycles. The van der Waals surface area contributed by atoms with Crippen LogP contribution in [0.25, 0.3) is 0 Å². The third-order valence-electron chi connectivity index (χ3n) is 0. The molecule has 0 fully saturated rings. The van der Waals surface area contributed by atoms with E-state index in [1.54, 1.807) is 0 Å². The van der Waals surface area contributed by atoms with Crippen molar-refractivity contribution >= 4 is 0 Å². The fourth-order valence-electron chi connectivity index (χ4n) is 0. The molecule has 0 bridgehead atoms. The van der Waals surface area contributed by atoms with Crippen LogP contribution in [0.4, 0.5) is 0 Å². The molecule has 0 atom stereocenters. The molecule has 0 radical (unpaired) electrons. The monoisotopic (exact) mass is 539 g/mol. The largest absolute Gasteiger partial charge is 0.331 e. The summed E-state index contributed by atoms with van der Waals surface area (Å²) in [7, 11) is 0. The summed E-state index contributed by atoms with van der Waals surface area (Å²) >= 11 is 0. The van der Waals surface area contributed by atoms with E-state index < -0.39 is 0 Å². The Hall–Kier alpha value is -0.0800. The number of rotatable bonds is 0. The van der Waals surface area contributed by atoms with Gasteiger partial charge in [-0.1, -0.05) is 221 Å². The minimum atomic E-state index is 0. The Labute approximate surface area is 245 Å². The van der Waals surface area contributed by atoms with Crippen molar-refractivity contribution in [2.45, 2.75) is 221 Å². The van der Waals surface area contributed by atoms with Crippen LogP contribution in [0, 0.1) is 0 Å². The van der Waals surface area contributed by atoms with Crippen LogP contribution in [0.5, 0.6) is 0 Å². The summed E-state index contributed by atoms with van der Waals surface area (Å²) in [6, 6.07) is 0. The van der Waals surface area contributed by atoms with Gasteiger partial charge in [-0.2, -0.15) is 0 Å². The van der Waals surface area contributed by atoms with Gasteiger partial charge in [0.05, 0.1) is 0 Å². The highest BCUT2D eigenvalue weighted by molar-refractivity contribution is 4.00. The predicted octanol–water partition coefficient (Wildman–Crippen LogP) is 16.4. The van der Waals surface area contributed by atoms with E-state index in [0.29, 0.717) is 0 Å². The third-order valence-corrected chi connectivity index (χ3v) is 0. The van der Waals surface area contributed by atoms with E-state index in [4.69, 9.17) is 11.5 Å². The quantitative estimate of drug-likeness (QED) is 0.322. The van der Waals surface area contributed by atoms with Crippen LogP contribution in [0.1, 0.15) is 221 Å². The Morgan fingerprint density at radius 2 is 0.257 bits per heavy atom. The van der Waals surface area contributed by atoms with E-state index in [9.17, 15) is 0 Å². The molecule has 0 rings (SSSR count). The van der Waals surface area contributed by atoms with E-state index in [1.165, 1.54) is 6.42 Å². The fourth-order valence-corrected chi connectivity index (χ4v) is 0. The minimum absolute atomic E-state index is 0. The maximum absolute atomic E-state index is 4.85. The van der Waals surface area contributed by atoms with Crippen molar-refractivity contribution in [3.8, 4) is 0 Å². The summed E-state index contributed by atoms with van der Waals surface area (Å²) in [5, 5.41) is 0. The lowest BCUT2D eigenvalue weighted by Crippen LogP contribution is -1.87. The van der Waals surface area contributed by atoms with Crippen LogP contribution in [0.3, 0.4) is 0 Å². The lowest BCUT2D eigenvalue weighted by atomic mass is 10.6. The van der Waals surface area contributed by atoms with E-state index in [-0.39, 0.29) is 104 Å². The van der Waals surface area contributed by atoms with Crippen molar-refractivity contribution in [3.05, 3.63) is 0 Å². The molecule has 0 amide bonds. The summed E-state index contributed by atoms with van der Waals surface area (Å²) in [6.07, 6.45) is 1.25. The van der Waals surface area contributed by atoms with Crippen LogP contribution in [0.2, 0.25) is 0 Å². The molecule has 0 saturated carbocycles. The van der Waals surface area contributed by atoms with Gasteiger partial charge in [-0.25, -0.2) is 0 Å². The highest BCUT2D eigenvalue weighted by Gasteiger charge is 1.35. The molecule has 0 heterocycles. The summed E-state index contributed by atoms with van der Waals surface area (Å²) in [5.74, 6) is 0. The van der Waals surface area contributed by atoms with Gasteiger partial charge in [0.2, 0.25) is 0 Å². The molecule has 0 aliphatic rings. The molecule has 2 nitrogen and oxygen atoms in total. The van der Waals surface area contributed by atoms with Crippen LogP contribution in [-0.4, -0.2) is 13.1 Å². The van der Waals surface area contributed by atoms with Gasteiger partial charge in [-0.3, -0.25) is 0 Å². The van der Waals surface area contributed by atoms with Gasteiger partial charge in [0.15, 0.2) is 0 Å². The molecule has 35 heavy (non-hydrogen) atoms. The normalized spacial score (nSPS) is 2.57. The Kier molecular flexibility index (Phi) is 34800. The molecular weight excluding hydrogens is 424 g/mol. The minimum Gasteiger partial charge on any atom is -0.331 e. The van der Waals surface area contributed by atoms with Crippen LogP contribution in [0.15, 0.2) is 0 Å². The number of nitrogens with two attached hydrogens (primary N) is 2. The number of hydrogen-bond acceptors (Lipinski definition) is 2. The lowest BCUT2D eigenvalue weighted by molar-refractivity contribution is 1.09. The van der Waals surface area contributed by atoms with Crippen molar-refractivity contribution in [1.29, 1.82) is 0 Å². The molecule has 4 N–H and O–H groups in total. The number of hydrogen-bond donors (Lipinski definition) is 2. The Balaban J connectivity index is -0.00000000211. The van der Waals surface area contributed by atoms with Gasteiger partial charge in [-0.15, -0.1) is 0 Å². The maximum atomic E-state index is 4.85. The SMILES string of the molecule is C.C.C.C.C.C.C.C.C.C.C.C.C.C.CC.CC.CC.CC.CC.CC.CCC.CCN.CCN. The average Bonchev–Trinajstić information content (AvgIpc) is 2.60. The van der Waals surface area contributed by atoms with Gasteiger partial charge in [0.25, 0.3) is 0 Å². The molecule has 0 aromatic heterocycles. The molecule has 0 aromatic rings. The fraction of sp³-hybridized carbons (Fsp3) is 1.00. The zero-order chi connectivity index (χ0) is 20.1. The highest BCUT2D eigenvalue weighted by atomic mass is 14.5. The van der Waals surface area contributed by atoms with Crippen LogP contribution < -0.4 is 11.5 Å². The van der Waals surface area contributed by atoms with Gasteiger partial charge in [0.1, 0.15) is 0 Å². The maximum Gasteiger partial charge on any atom is -0.0106 e. The summed E-state index contributed by atoms with van der Waals surface area (Å²) in [4.78, 5) is 0. The summed E-state index contributed by atoms with van der Waals surface area (Å²) in [6.45, 7) is 33.6. The van der Waals surface area contributed by atoms with Crippen molar-refractivity contribution in [1.82, 2.24) is 0 Å². The topological polar surface area (TPSA) is 52.0 Å². The summed E-state index contributed by atoms with van der Waals surface area (Å²) in [5.41, 5.74) is 9.69. The van der Waals surface area contributed by atoms with Gasteiger partial charge in [0, 0.05) is 0 Å². The Bertz CT molecular complexity index is 15.8. The van der Waals surface area contributed by atoms with Gasteiger partial charge >= 0.3 is 0 Å². The molecule has 0 aliphatic carbocycles. The first-order valence-corrected chi connectivity index (χ1v) is 9.64. The molecule has 0 saturated heterocycles. The first-order chi connectivity index (χ1) is 10.2. The van der Waals surface area contributed by atoms with Crippen molar-refractivity contribution < 1.29 is 0 Å². The van der Waals surface area contributed by atoms with E-state index in [1.807, 2.05) is 96.9 Å². The smallest absolute Gasteiger partial charge is 0.0106 e. The van der Waals surface area contributed by atoms with Gasteiger partial charge in [-0.05, 0) is 13.1 Å². The zero-order valence-corrected chi connectivity index (χ0v) is 19.3. The molecule has 0 aromatic carbocycles. The molecule has 0 unspecified atom stereocenters. The molecule has 2 heteroatoms. The standard InChI is InChI=1S/C3H8.2C2H7N.6C2H6.14CH4/c1-3-2;2*1-2-3;6*1-2;;;;;;;;;;;;;;/h3H2,1-2H3;2*2-3H2,1H3;6*1-2H3;14*1H4. The molecule has 0 spiro atoms.